The SMILES string of the molecule is Cc1ccccc1NS(=O)(=O)c1cccc(C(=O)NC(C)(C)C)c1. The van der Waals surface area contributed by atoms with Crippen molar-refractivity contribution in [3.63, 3.8) is 0 Å². The van der Waals surface area contributed by atoms with Crippen LogP contribution in [-0.4, -0.2) is 19.9 Å². The van der Waals surface area contributed by atoms with Crippen LogP contribution in [0.4, 0.5) is 5.69 Å². The molecule has 2 rings (SSSR count). The molecule has 0 aliphatic carbocycles. The van der Waals surface area contributed by atoms with Crippen molar-refractivity contribution in [2.75, 3.05) is 4.72 Å². The van der Waals surface area contributed by atoms with Crippen molar-refractivity contribution in [1.82, 2.24) is 5.32 Å². The monoisotopic (exact) mass is 346 g/mol. The van der Waals surface area contributed by atoms with Crippen LogP contribution in [0, 0.1) is 6.92 Å². The van der Waals surface area contributed by atoms with Gasteiger partial charge in [0.05, 0.1) is 10.6 Å². The minimum absolute atomic E-state index is 0.0484. The van der Waals surface area contributed by atoms with Gasteiger partial charge in [-0.1, -0.05) is 24.3 Å². The third kappa shape index (κ3) is 4.58. The van der Waals surface area contributed by atoms with Gasteiger partial charge in [0.15, 0.2) is 0 Å². The summed E-state index contributed by atoms with van der Waals surface area (Å²) in [6.07, 6.45) is 0. The fourth-order valence-electron chi connectivity index (χ4n) is 2.11. The first-order chi connectivity index (χ1) is 11.1. The summed E-state index contributed by atoms with van der Waals surface area (Å²) in [5, 5.41) is 2.82. The van der Waals surface area contributed by atoms with E-state index in [0.29, 0.717) is 11.3 Å². The molecule has 5 nitrogen and oxygen atoms in total. The summed E-state index contributed by atoms with van der Waals surface area (Å²) in [6, 6.07) is 13.1. The molecule has 6 heteroatoms. The molecular formula is C18H22N2O3S. The second kappa shape index (κ2) is 6.65. The lowest BCUT2D eigenvalue weighted by Crippen LogP contribution is -2.40. The molecule has 0 bridgehead atoms. The number of sulfonamides is 1. The van der Waals surface area contributed by atoms with E-state index in [1.807, 2.05) is 39.8 Å². The first-order valence-electron chi connectivity index (χ1n) is 7.59. The third-order valence-corrected chi connectivity index (χ3v) is 4.65. The fraction of sp³-hybridized carbons (Fsp3) is 0.278. The molecule has 0 radical (unpaired) electrons. The Morgan fingerprint density at radius 3 is 2.29 bits per heavy atom. The number of anilines is 1. The zero-order chi connectivity index (χ0) is 18.0. The summed E-state index contributed by atoms with van der Waals surface area (Å²) in [7, 11) is -3.77. The first kappa shape index (κ1) is 18.0. The van der Waals surface area contributed by atoms with Gasteiger partial charge >= 0.3 is 0 Å². The third-order valence-electron chi connectivity index (χ3n) is 3.28. The molecule has 0 saturated heterocycles. The molecule has 0 heterocycles. The van der Waals surface area contributed by atoms with Crippen LogP contribution in [-0.2, 0) is 10.0 Å². The van der Waals surface area contributed by atoms with Crippen molar-refractivity contribution in [2.24, 2.45) is 0 Å². The van der Waals surface area contributed by atoms with E-state index >= 15 is 0 Å². The van der Waals surface area contributed by atoms with Gasteiger partial charge in [0.25, 0.3) is 15.9 Å². The second-order valence-electron chi connectivity index (χ2n) is 6.65. The Morgan fingerprint density at radius 1 is 1.00 bits per heavy atom. The van der Waals surface area contributed by atoms with Crippen LogP contribution in [0.3, 0.4) is 0 Å². The summed E-state index contributed by atoms with van der Waals surface area (Å²) in [6.45, 7) is 7.42. The lowest BCUT2D eigenvalue weighted by atomic mass is 10.1. The van der Waals surface area contributed by atoms with E-state index in [0.717, 1.165) is 5.56 Å². The number of nitrogens with one attached hydrogen (secondary N) is 2. The van der Waals surface area contributed by atoms with E-state index in [9.17, 15) is 13.2 Å². The molecule has 0 fully saturated rings. The van der Waals surface area contributed by atoms with Crippen LogP contribution in [0.1, 0.15) is 36.7 Å². The van der Waals surface area contributed by atoms with Crippen molar-refractivity contribution in [3.8, 4) is 0 Å². The average Bonchev–Trinajstić information content (AvgIpc) is 2.48. The molecular weight excluding hydrogens is 324 g/mol. The molecule has 0 saturated carbocycles. The number of hydrogen-bond donors (Lipinski definition) is 2. The van der Waals surface area contributed by atoms with Gasteiger partial charge in [-0.25, -0.2) is 8.42 Å². The van der Waals surface area contributed by atoms with Crippen LogP contribution < -0.4 is 10.0 Å². The molecule has 0 aromatic heterocycles. The molecule has 2 aromatic rings. The van der Waals surface area contributed by atoms with Crippen LogP contribution >= 0.6 is 0 Å². The number of carbonyl (C=O) groups excluding carboxylic acids is 1. The Morgan fingerprint density at radius 2 is 1.67 bits per heavy atom. The number of para-hydroxylation sites is 1. The number of rotatable bonds is 4. The van der Waals surface area contributed by atoms with E-state index in [1.165, 1.54) is 12.1 Å². The maximum atomic E-state index is 12.6. The second-order valence-corrected chi connectivity index (χ2v) is 8.33. The van der Waals surface area contributed by atoms with Crippen molar-refractivity contribution in [2.45, 2.75) is 38.1 Å². The van der Waals surface area contributed by atoms with Gasteiger partial charge in [0.1, 0.15) is 0 Å². The highest BCUT2D eigenvalue weighted by Crippen LogP contribution is 2.20. The maximum Gasteiger partial charge on any atom is 0.261 e. The van der Waals surface area contributed by atoms with Gasteiger partial charge in [-0.3, -0.25) is 9.52 Å². The maximum absolute atomic E-state index is 12.6. The van der Waals surface area contributed by atoms with Crippen molar-refractivity contribution >= 4 is 21.6 Å². The number of aryl methyl sites for hydroxylation is 1. The van der Waals surface area contributed by atoms with Crippen LogP contribution in [0.5, 0.6) is 0 Å². The molecule has 0 spiro atoms. The van der Waals surface area contributed by atoms with Gasteiger partial charge < -0.3 is 5.32 Å². The first-order valence-corrected chi connectivity index (χ1v) is 9.08. The zero-order valence-corrected chi connectivity index (χ0v) is 15.1. The molecule has 0 aliphatic rings. The molecule has 0 unspecified atom stereocenters. The Hall–Kier alpha value is -2.34. The summed E-state index contributed by atoms with van der Waals surface area (Å²) >= 11 is 0. The normalized spacial score (nSPS) is 11.8. The van der Waals surface area contributed by atoms with Crippen LogP contribution in [0.2, 0.25) is 0 Å². The highest BCUT2D eigenvalue weighted by Gasteiger charge is 2.19. The van der Waals surface area contributed by atoms with Crippen LogP contribution in [0.25, 0.3) is 0 Å². The lowest BCUT2D eigenvalue weighted by Gasteiger charge is -2.20. The largest absolute Gasteiger partial charge is 0.347 e. The Bertz CT molecular complexity index is 853. The lowest BCUT2D eigenvalue weighted by molar-refractivity contribution is 0.0919. The molecule has 24 heavy (non-hydrogen) atoms. The topological polar surface area (TPSA) is 75.3 Å². The van der Waals surface area contributed by atoms with E-state index in [2.05, 4.69) is 10.0 Å². The molecule has 0 atom stereocenters. The standard InChI is InChI=1S/C18H22N2O3S/c1-13-8-5-6-11-16(13)20-24(22,23)15-10-7-9-14(12-15)17(21)19-18(2,3)4/h5-12,20H,1-4H3,(H,19,21). The molecule has 1 amide bonds. The molecule has 0 aliphatic heterocycles. The predicted molar refractivity (Wildman–Crippen MR) is 95.6 cm³/mol. The molecule has 2 N–H and O–H groups in total. The summed E-state index contributed by atoms with van der Waals surface area (Å²) in [4.78, 5) is 12.3. The summed E-state index contributed by atoms with van der Waals surface area (Å²) in [5.41, 5.74) is 1.24. The van der Waals surface area contributed by atoms with Crippen molar-refractivity contribution in [1.29, 1.82) is 0 Å². The Labute approximate surface area is 143 Å². The average molecular weight is 346 g/mol. The number of hydrogen-bond acceptors (Lipinski definition) is 3. The Balaban J connectivity index is 2.30. The Kier molecular flexibility index (Phi) is 4.99. The minimum atomic E-state index is -3.77. The number of benzene rings is 2. The van der Waals surface area contributed by atoms with Crippen molar-refractivity contribution < 1.29 is 13.2 Å². The minimum Gasteiger partial charge on any atom is -0.347 e. The molecule has 2 aromatic carbocycles. The van der Waals surface area contributed by atoms with Crippen molar-refractivity contribution in [3.05, 3.63) is 59.7 Å². The fourth-order valence-corrected chi connectivity index (χ4v) is 3.28. The quantitative estimate of drug-likeness (QED) is 0.892. The number of amides is 1. The van der Waals surface area contributed by atoms with E-state index < -0.39 is 15.6 Å². The highest BCUT2D eigenvalue weighted by molar-refractivity contribution is 7.92. The predicted octanol–water partition coefficient (Wildman–Crippen LogP) is 3.32. The van der Waals surface area contributed by atoms with Gasteiger partial charge in [-0.05, 0) is 57.5 Å². The van der Waals surface area contributed by atoms with Crippen LogP contribution in [0.15, 0.2) is 53.4 Å². The zero-order valence-electron chi connectivity index (χ0n) is 14.3. The van der Waals surface area contributed by atoms with E-state index in [4.69, 9.17) is 0 Å². The van der Waals surface area contributed by atoms with Gasteiger partial charge in [0.2, 0.25) is 0 Å². The smallest absolute Gasteiger partial charge is 0.261 e. The van der Waals surface area contributed by atoms with Gasteiger partial charge in [0, 0.05) is 11.1 Å². The van der Waals surface area contributed by atoms with Gasteiger partial charge in [-0.2, -0.15) is 0 Å². The number of carbonyl (C=O) groups is 1. The molecule has 128 valence electrons. The van der Waals surface area contributed by atoms with E-state index in [-0.39, 0.29) is 10.8 Å². The summed E-state index contributed by atoms with van der Waals surface area (Å²) in [5.74, 6) is -0.310. The van der Waals surface area contributed by atoms with E-state index in [1.54, 1.807) is 24.3 Å². The summed E-state index contributed by atoms with van der Waals surface area (Å²) < 4.78 is 27.7. The highest BCUT2D eigenvalue weighted by atomic mass is 32.2. The van der Waals surface area contributed by atoms with Gasteiger partial charge in [-0.15, -0.1) is 0 Å².